The van der Waals surface area contributed by atoms with E-state index in [1.165, 1.54) is 7.11 Å². The van der Waals surface area contributed by atoms with Gasteiger partial charge < -0.3 is 23.7 Å². The van der Waals surface area contributed by atoms with E-state index in [0.717, 1.165) is 18.4 Å². The van der Waals surface area contributed by atoms with Gasteiger partial charge in [0.15, 0.2) is 23.4 Å². The van der Waals surface area contributed by atoms with Crippen molar-refractivity contribution in [1.29, 1.82) is 0 Å². The van der Waals surface area contributed by atoms with Crippen LogP contribution in [0.15, 0.2) is 24.5 Å². The fraction of sp³-hybridized carbons (Fsp3) is 0.583. The van der Waals surface area contributed by atoms with Gasteiger partial charge in [-0.3, -0.25) is 4.79 Å². The number of carbonyl (C=O) groups excluding carboxylic acids is 2. The largest absolute Gasteiger partial charge is 0.496 e. The molecule has 3 aliphatic rings. The van der Waals surface area contributed by atoms with Crippen LogP contribution in [0.3, 0.4) is 0 Å². The lowest BCUT2D eigenvalue weighted by Gasteiger charge is -2.42. The van der Waals surface area contributed by atoms with Crippen LogP contribution in [0.1, 0.15) is 45.1 Å². The Hall–Kier alpha value is -2.54. The molecule has 2 heterocycles. The SMILES string of the molecule is CCCC1CC2C(=O)C(c3ccc4c(c3)OCCO4)=COC2CC1OC(C)C(=O)OC. The number of esters is 1. The first-order chi connectivity index (χ1) is 15.0. The number of allylic oxidation sites excluding steroid dienone is 1. The Morgan fingerprint density at radius 2 is 1.97 bits per heavy atom. The van der Waals surface area contributed by atoms with Gasteiger partial charge in [0.1, 0.15) is 19.3 Å². The fourth-order valence-corrected chi connectivity index (χ4v) is 4.80. The molecule has 0 N–H and O–H groups in total. The van der Waals surface area contributed by atoms with Gasteiger partial charge in [-0.2, -0.15) is 0 Å². The highest BCUT2D eigenvalue weighted by atomic mass is 16.6. The molecule has 0 saturated heterocycles. The predicted molar refractivity (Wildman–Crippen MR) is 113 cm³/mol. The molecule has 0 aromatic heterocycles. The summed E-state index contributed by atoms with van der Waals surface area (Å²) in [5.74, 6) is 1.01. The highest BCUT2D eigenvalue weighted by molar-refractivity contribution is 6.22. The summed E-state index contributed by atoms with van der Waals surface area (Å²) in [6.45, 7) is 4.84. The average Bonchev–Trinajstić information content (AvgIpc) is 2.79. The van der Waals surface area contributed by atoms with Crippen LogP contribution in [0.25, 0.3) is 5.57 Å². The number of ether oxygens (including phenoxy) is 5. The fourth-order valence-electron chi connectivity index (χ4n) is 4.80. The zero-order valence-electron chi connectivity index (χ0n) is 18.3. The van der Waals surface area contributed by atoms with Gasteiger partial charge in [-0.1, -0.05) is 19.4 Å². The number of Topliss-reactive ketones (excluding diaryl/α,β-unsaturated/α-hetero) is 1. The second kappa shape index (κ2) is 9.30. The van der Waals surface area contributed by atoms with E-state index in [-0.39, 0.29) is 35.8 Å². The van der Waals surface area contributed by atoms with Crippen LogP contribution >= 0.6 is 0 Å². The zero-order valence-corrected chi connectivity index (χ0v) is 18.3. The van der Waals surface area contributed by atoms with Gasteiger partial charge in [0.25, 0.3) is 0 Å². The quantitative estimate of drug-likeness (QED) is 0.639. The number of methoxy groups -OCH3 is 1. The molecule has 2 aliphatic heterocycles. The van der Waals surface area contributed by atoms with E-state index in [2.05, 4.69) is 6.92 Å². The molecule has 0 radical (unpaired) electrons. The first-order valence-corrected chi connectivity index (χ1v) is 11.0. The van der Waals surface area contributed by atoms with E-state index >= 15 is 0 Å². The summed E-state index contributed by atoms with van der Waals surface area (Å²) in [5.41, 5.74) is 1.34. The van der Waals surface area contributed by atoms with Gasteiger partial charge in [0.05, 0.1) is 31.0 Å². The number of carbonyl (C=O) groups is 2. The summed E-state index contributed by atoms with van der Waals surface area (Å²) in [4.78, 5) is 25.3. The van der Waals surface area contributed by atoms with E-state index in [9.17, 15) is 9.59 Å². The molecule has 1 aliphatic carbocycles. The smallest absolute Gasteiger partial charge is 0.334 e. The molecule has 7 nitrogen and oxygen atoms in total. The Morgan fingerprint density at radius 3 is 2.71 bits per heavy atom. The van der Waals surface area contributed by atoms with Crippen molar-refractivity contribution in [3.05, 3.63) is 30.0 Å². The van der Waals surface area contributed by atoms with Crippen molar-refractivity contribution in [2.75, 3.05) is 20.3 Å². The predicted octanol–water partition coefficient (Wildman–Crippen LogP) is 3.54. The van der Waals surface area contributed by atoms with Crippen molar-refractivity contribution >= 4 is 17.3 Å². The second-order valence-corrected chi connectivity index (χ2v) is 8.40. The van der Waals surface area contributed by atoms with Gasteiger partial charge in [-0.25, -0.2) is 4.79 Å². The molecule has 31 heavy (non-hydrogen) atoms. The van der Waals surface area contributed by atoms with Gasteiger partial charge in [0.2, 0.25) is 0 Å². The maximum absolute atomic E-state index is 13.4. The number of hydrogen-bond acceptors (Lipinski definition) is 7. The summed E-state index contributed by atoms with van der Waals surface area (Å²) in [7, 11) is 1.36. The minimum atomic E-state index is -0.644. The van der Waals surface area contributed by atoms with Crippen LogP contribution < -0.4 is 9.47 Å². The van der Waals surface area contributed by atoms with Crippen molar-refractivity contribution in [3.63, 3.8) is 0 Å². The Kier molecular flexibility index (Phi) is 6.51. The molecular weight excluding hydrogens is 400 g/mol. The number of benzene rings is 1. The monoisotopic (exact) mass is 430 g/mol. The van der Waals surface area contributed by atoms with Crippen molar-refractivity contribution < 1.29 is 33.3 Å². The minimum absolute atomic E-state index is 0.0912. The van der Waals surface area contributed by atoms with Gasteiger partial charge in [0, 0.05) is 6.42 Å². The molecule has 1 saturated carbocycles. The molecule has 7 heteroatoms. The molecule has 1 aromatic carbocycles. The van der Waals surface area contributed by atoms with Crippen LogP contribution in [0, 0.1) is 11.8 Å². The van der Waals surface area contributed by atoms with Crippen LogP contribution in [0.4, 0.5) is 0 Å². The first kappa shape index (κ1) is 21.7. The Labute approximate surface area is 182 Å². The maximum Gasteiger partial charge on any atom is 0.334 e. The van der Waals surface area contributed by atoms with Crippen molar-refractivity contribution in [2.45, 2.75) is 57.8 Å². The molecule has 0 amide bonds. The zero-order chi connectivity index (χ0) is 22.0. The van der Waals surface area contributed by atoms with Gasteiger partial charge in [-0.05, 0) is 43.4 Å². The lowest BCUT2D eigenvalue weighted by Crippen LogP contribution is -2.47. The normalized spacial score (nSPS) is 28.1. The topological polar surface area (TPSA) is 80.3 Å². The number of hydrogen-bond donors (Lipinski definition) is 0. The third-order valence-corrected chi connectivity index (χ3v) is 6.38. The lowest BCUT2D eigenvalue weighted by molar-refractivity contribution is -0.166. The molecule has 168 valence electrons. The Morgan fingerprint density at radius 1 is 1.19 bits per heavy atom. The Balaban J connectivity index is 1.53. The summed E-state index contributed by atoms with van der Waals surface area (Å²) < 4.78 is 28.1. The van der Waals surface area contributed by atoms with Crippen LogP contribution in [0.5, 0.6) is 11.5 Å². The number of rotatable bonds is 6. The standard InChI is InChI=1S/C24H30O7/c1-4-5-16-10-17-21(12-20(16)31-14(2)24(26)27-3)30-13-18(23(17)25)15-6-7-19-22(11-15)29-9-8-28-19/h6-7,11,13-14,16-17,20-21H,4-5,8-10,12H2,1-3H3. The highest BCUT2D eigenvalue weighted by Crippen LogP contribution is 2.42. The average molecular weight is 430 g/mol. The highest BCUT2D eigenvalue weighted by Gasteiger charge is 2.45. The molecule has 0 bridgehead atoms. The molecule has 0 spiro atoms. The maximum atomic E-state index is 13.4. The van der Waals surface area contributed by atoms with Gasteiger partial charge in [-0.15, -0.1) is 0 Å². The summed E-state index contributed by atoms with van der Waals surface area (Å²) >= 11 is 0. The molecule has 1 aromatic rings. The van der Waals surface area contributed by atoms with Gasteiger partial charge >= 0.3 is 5.97 Å². The van der Waals surface area contributed by atoms with E-state index in [1.807, 2.05) is 18.2 Å². The first-order valence-electron chi connectivity index (χ1n) is 11.0. The van der Waals surface area contributed by atoms with Crippen LogP contribution in [0.2, 0.25) is 0 Å². The van der Waals surface area contributed by atoms with Crippen LogP contribution in [-0.4, -0.2) is 50.4 Å². The molecule has 1 fully saturated rings. The lowest BCUT2D eigenvalue weighted by atomic mass is 9.71. The molecule has 5 atom stereocenters. The minimum Gasteiger partial charge on any atom is -0.496 e. The van der Waals surface area contributed by atoms with E-state index in [4.69, 9.17) is 23.7 Å². The summed E-state index contributed by atoms with van der Waals surface area (Å²) in [6, 6.07) is 5.55. The van der Waals surface area contributed by atoms with E-state index in [1.54, 1.807) is 13.2 Å². The second-order valence-electron chi connectivity index (χ2n) is 8.40. The molecule has 5 unspecified atom stereocenters. The van der Waals surface area contributed by atoms with Crippen LogP contribution in [-0.2, 0) is 23.8 Å². The third-order valence-electron chi connectivity index (χ3n) is 6.38. The number of ketones is 1. The van der Waals surface area contributed by atoms with Crippen molar-refractivity contribution in [2.24, 2.45) is 11.8 Å². The van der Waals surface area contributed by atoms with Crippen molar-refractivity contribution in [3.8, 4) is 11.5 Å². The number of fused-ring (bicyclic) bond motifs is 2. The van der Waals surface area contributed by atoms with E-state index in [0.29, 0.717) is 43.1 Å². The third kappa shape index (κ3) is 4.42. The van der Waals surface area contributed by atoms with Crippen molar-refractivity contribution in [1.82, 2.24) is 0 Å². The Bertz CT molecular complexity index is 861. The van der Waals surface area contributed by atoms with E-state index < -0.39 is 6.10 Å². The molecule has 4 rings (SSSR count). The molecular formula is C24H30O7. The summed E-state index contributed by atoms with van der Waals surface area (Å²) in [6.07, 6.45) is 3.69. The summed E-state index contributed by atoms with van der Waals surface area (Å²) in [5, 5.41) is 0.